The van der Waals surface area contributed by atoms with Crippen molar-refractivity contribution < 1.29 is 18.7 Å². The van der Waals surface area contributed by atoms with Crippen LogP contribution in [0.4, 0.5) is 15.9 Å². The van der Waals surface area contributed by atoms with E-state index < -0.39 is 17.8 Å². The predicted molar refractivity (Wildman–Crippen MR) is 184 cm³/mol. The minimum Gasteiger partial charge on any atom is -0.462 e. The number of carbonyl (C=O) groups is 1. The standard InChI is InChI=1S/C36H46FN9O3/c1-23-18-31-29(19-39-46(31)32-9-5-6-17-48-32)33(24(23)2)43-14-11-28-30(21-43)40-36(49-22-27-8-7-13-42(27)4)41-34(28)44-15-16-45(35(47)25(3)37)26(20-44)10-12-38/h18-19,26-27,32H,3,5-11,13-17,20-22H2,1-2,4H3/t26-,27-,32?/m0/s1. The number of fused-ring (bicyclic) bond motifs is 2. The van der Waals surface area contributed by atoms with E-state index in [1.807, 2.05) is 6.20 Å². The van der Waals surface area contributed by atoms with Crippen LogP contribution in [0.1, 0.15) is 67.1 Å². The number of hydrogen-bond acceptors (Lipinski definition) is 10. The largest absolute Gasteiger partial charge is 0.462 e. The molecule has 4 aliphatic heterocycles. The van der Waals surface area contributed by atoms with E-state index in [-0.39, 0.29) is 19.2 Å². The SMILES string of the molecule is C=C(F)C(=O)N1CCN(c2nc(OC[C@@H]3CCCN3C)nc3c2CCN(c2c(C)c(C)cc4c2cnn4C2CCCCO2)C3)C[C@@H]1CC#N. The van der Waals surface area contributed by atoms with E-state index in [0.29, 0.717) is 44.7 Å². The van der Waals surface area contributed by atoms with Crippen molar-refractivity contribution in [1.82, 2.24) is 29.5 Å². The second kappa shape index (κ2) is 13.9. The lowest BCUT2D eigenvalue weighted by Gasteiger charge is -2.42. The van der Waals surface area contributed by atoms with Crippen LogP contribution in [-0.2, 0) is 22.5 Å². The van der Waals surface area contributed by atoms with Crippen LogP contribution in [0.15, 0.2) is 24.7 Å². The van der Waals surface area contributed by atoms with Crippen LogP contribution in [0.2, 0.25) is 0 Å². The van der Waals surface area contributed by atoms with Crippen LogP contribution in [-0.4, -0.2) is 101 Å². The van der Waals surface area contributed by atoms with Crippen molar-refractivity contribution in [2.45, 2.75) is 83.6 Å². The quantitative estimate of drug-likeness (QED) is 0.315. The molecule has 0 N–H and O–H groups in total. The lowest BCUT2D eigenvalue weighted by atomic mass is 9.98. The Kier molecular flexibility index (Phi) is 9.44. The van der Waals surface area contributed by atoms with Crippen LogP contribution in [0, 0.1) is 25.2 Å². The maximum absolute atomic E-state index is 13.9. The highest BCUT2D eigenvalue weighted by Crippen LogP contribution is 2.39. The molecular weight excluding hydrogens is 625 g/mol. The minimum atomic E-state index is -1.01. The van der Waals surface area contributed by atoms with E-state index >= 15 is 0 Å². The minimum absolute atomic E-state index is 0.0548. The van der Waals surface area contributed by atoms with Gasteiger partial charge in [0.2, 0.25) is 0 Å². The Morgan fingerprint density at radius 1 is 1.12 bits per heavy atom. The van der Waals surface area contributed by atoms with Crippen LogP contribution < -0.4 is 14.5 Å². The lowest BCUT2D eigenvalue weighted by Crippen LogP contribution is -2.55. The molecular formula is C36H46FN9O3. The number of nitrogens with zero attached hydrogens (tertiary/aromatic N) is 9. The van der Waals surface area contributed by atoms with Crippen molar-refractivity contribution >= 4 is 28.3 Å². The van der Waals surface area contributed by atoms with Gasteiger partial charge in [0.1, 0.15) is 12.4 Å². The Bertz CT molecular complexity index is 1780. The zero-order chi connectivity index (χ0) is 34.2. The number of rotatable bonds is 8. The number of piperazine rings is 1. The summed E-state index contributed by atoms with van der Waals surface area (Å²) in [7, 11) is 2.12. The van der Waals surface area contributed by atoms with Crippen molar-refractivity contribution in [2.24, 2.45) is 0 Å². The van der Waals surface area contributed by atoms with E-state index in [1.165, 1.54) is 16.0 Å². The summed E-state index contributed by atoms with van der Waals surface area (Å²) in [6, 6.07) is 4.54. The molecule has 1 amide bonds. The fourth-order valence-electron chi connectivity index (χ4n) is 7.97. The lowest BCUT2D eigenvalue weighted by molar-refractivity contribution is -0.131. The van der Waals surface area contributed by atoms with Gasteiger partial charge in [-0.1, -0.05) is 6.58 Å². The molecule has 1 aromatic carbocycles. The number of nitriles is 1. The summed E-state index contributed by atoms with van der Waals surface area (Å²) in [5.74, 6) is -1.01. The monoisotopic (exact) mass is 671 g/mol. The predicted octanol–water partition coefficient (Wildman–Crippen LogP) is 4.59. The van der Waals surface area contributed by atoms with E-state index in [2.05, 4.69) is 59.0 Å². The maximum atomic E-state index is 13.9. The molecule has 1 unspecified atom stereocenters. The van der Waals surface area contributed by atoms with E-state index in [9.17, 15) is 14.4 Å². The summed E-state index contributed by atoms with van der Waals surface area (Å²) in [5, 5.41) is 15.5. The van der Waals surface area contributed by atoms with Gasteiger partial charge in [-0.3, -0.25) is 4.79 Å². The van der Waals surface area contributed by atoms with Crippen LogP contribution in [0.25, 0.3) is 10.9 Å². The highest BCUT2D eigenvalue weighted by molar-refractivity contribution is 5.95. The smallest absolute Gasteiger partial charge is 0.318 e. The van der Waals surface area contributed by atoms with Gasteiger partial charge >= 0.3 is 6.01 Å². The molecule has 0 saturated carbocycles. The molecule has 260 valence electrons. The molecule has 4 aliphatic rings. The zero-order valence-electron chi connectivity index (χ0n) is 28.8. The summed E-state index contributed by atoms with van der Waals surface area (Å²) in [4.78, 5) is 30.9. The summed E-state index contributed by atoms with van der Waals surface area (Å²) >= 11 is 0. The molecule has 3 saturated heterocycles. The second-order valence-electron chi connectivity index (χ2n) is 13.9. The first kappa shape index (κ1) is 33.2. The maximum Gasteiger partial charge on any atom is 0.318 e. The first-order valence-corrected chi connectivity index (χ1v) is 17.6. The molecule has 3 atom stereocenters. The summed E-state index contributed by atoms with van der Waals surface area (Å²) in [5.41, 5.74) is 6.59. The molecule has 0 aliphatic carbocycles. The Balaban J connectivity index is 1.23. The van der Waals surface area contributed by atoms with Crippen molar-refractivity contribution in [3.63, 3.8) is 0 Å². The fraction of sp³-hybridized carbons (Fsp3) is 0.583. The average molecular weight is 672 g/mol. The third-order valence-electron chi connectivity index (χ3n) is 10.8. The van der Waals surface area contributed by atoms with Gasteiger partial charge in [0.15, 0.2) is 12.1 Å². The zero-order valence-corrected chi connectivity index (χ0v) is 28.8. The van der Waals surface area contributed by atoms with E-state index in [0.717, 1.165) is 85.5 Å². The van der Waals surface area contributed by atoms with E-state index in [4.69, 9.17) is 24.5 Å². The average Bonchev–Trinajstić information content (AvgIpc) is 3.72. The number of aromatic nitrogens is 4. The van der Waals surface area contributed by atoms with Gasteiger partial charge < -0.3 is 29.1 Å². The summed E-state index contributed by atoms with van der Waals surface area (Å²) in [6.07, 6.45) is 8.07. The number of carbonyl (C=O) groups excluding carboxylic acids is 1. The van der Waals surface area contributed by atoms with Gasteiger partial charge in [-0.2, -0.15) is 20.3 Å². The molecule has 12 nitrogen and oxygen atoms in total. The van der Waals surface area contributed by atoms with Gasteiger partial charge in [-0.15, -0.1) is 0 Å². The molecule has 0 bridgehead atoms. The van der Waals surface area contributed by atoms with Gasteiger partial charge in [0.05, 0.1) is 48.2 Å². The number of benzene rings is 1. The van der Waals surface area contributed by atoms with Crippen molar-refractivity contribution in [3.8, 4) is 12.1 Å². The van der Waals surface area contributed by atoms with E-state index in [1.54, 1.807) is 0 Å². The highest BCUT2D eigenvalue weighted by Gasteiger charge is 2.35. The fourth-order valence-corrected chi connectivity index (χ4v) is 7.97. The van der Waals surface area contributed by atoms with Crippen LogP contribution >= 0.6 is 0 Å². The molecule has 2 aromatic heterocycles. The van der Waals surface area contributed by atoms with Gasteiger partial charge in [0.25, 0.3) is 5.91 Å². The van der Waals surface area contributed by atoms with Crippen molar-refractivity contribution in [3.05, 3.63) is 47.1 Å². The molecule has 0 radical (unpaired) electrons. The van der Waals surface area contributed by atoms with Gasteiger partial charge in [-0.05, 0) is 83.2 Å². The van der Waals surface area contributed by atoms with Gasteiger partial charge in [0, 0.05) is 49.8 Å². The Hall–Kier alpha value is -4.28. The van der Waals surface area contributed by atoms with Crippen molar-refractivity contribution in [2.75, 3.05) is 62.8 Å². The summed E-state index contributed by atoms with van der Waals surface area (Å²) < 4.78 is 28.4. The van der Waals surface area contributed by atoms with Crippen LogP contribution in [0.3, 0.4) is 0 Å². The Labute approximate surface area is 287 Å². The molecule has 3 aromatic rings. The normalized spacial score (nSPS) is 23.1. The summed E-state index contributed by atoms with van der Waals surface area (Å²) in [6.45, 7) is 12.2. The Morgan fingerprint density at radius 2 is 1.98 bits per heavy atom. The third-order valence-corrected chi connectivity index (χ3v) is 10.8. The third kappa shape index (κ3) is 6.44. The Morgan fingerprint density at radius 3 is 2.71 bits per heavy atom. The first-order chi connectivity index (χ1) is 23.7. The topological polar surface area (TPSA) is 116 Å². The highest BCUT2D eigenvalue weighted by atomic mass is 19.1. The number of anilines is 2. The van der Waals surface area contributed by atoms with Gasteiger partial charge in [-0.25, -0.2) is 9.07 Å². The second-order valence-corrected chi connectivity index (χ2v) is 13.9. The number of halogens is 1. The number of hydrogen-bond donors (Lipinski definition) is 0. The molecule has 6 heterocycles. The molecule has 49 heavy (non-hydrogen) atoms. The van der Waals surface area contributed by atoms with Crippen molar-refractivity contribution in [1.29, 1.82) is 5.26 Å². The molecule has 7 rings (SSSR count). The molecule has 0 spiro atoms. The molecule has 13 heteroatoms. The number of likely N-dealkylation sites (N-methyl/N-ethyl adjacent to an activating group) is 1. The van der Waals surface area contributed by atoms with Crippen LogP contribution in [0.5, 0.6) is 6.01 Å². The molecule has 3 fully saturated rings. The number of amides is 1. The number of ether oxygens (including phenoxy) is 2. The number of aryl methyl sites for hydroxylation is 1. The number of likely N-dealkylation sites (tertiary alicyclic amines) is 1. The first-order valence-electron chi connectivity index (χ1n) is 17.6.